The van der Waals surface area contributed by atoms with Crippen LogP contribution in [-0.2, 0) is 0 Å². The van der Waals surface area contributed by atoms with E-state index >= 15 is 0 Å². The van der Waals surface area contributed by atoms with Crippen molar-refractivity contribution in [3.05, 3.63) is 0 Å². The van der Waals surface area contributed by atoms with Crippen LogP contribution in [0.25, 0.3) is 0 Å². The van der Waals surface area contributed by atoms with Gasteiger partial charge in [0, 0.05) is 17.8 Å². The van der Waals surface area contributed by atoms with Crippen molar-refractivity contribution in [2.24, 2.45) is 11.1 Å². The molecule has 96 valence electrons. The van der Waals surface area contributed by atoms with E-state index in [2.05, 4.69) is 44.4 Å². The molecule has 16 heavy (non-hydrogen) atoms. The molecular weight excluding hydrogens is 216 g/mol. The second-order valence-corrected chi connectivity index (χ2v) is 7.26. The molecule has 1 rings (SSSR count). The number of hydrogen-bond acceptors (Lipinski definition) is 3. The molecule has 2 atom stereocenters. The van der Waals surface area contributed by atoms with E-state index < -0.39 is 0 Å². The normalized spacial score (nSPS) is 26.6. The van der Waals surface area contributed by atoms with Crippen LogP contribution in [0, 0.1) is 5.41 Å². The second-order valence-electron chi connectivity index (χ2n) is 5.77. The van der Waals surface area contributed by atoms with Crippen LogP contribution in [0.2, 0.25) is 0 Å². The van der Waals surface area contributed by atoms with E-state index in [1.54, 1.807) is 0 Å². The Labute approximate surface area is 105 Å². The van der Waals surface area contributed by atoms with Gasteiger partial charge in [0.05, 0.1) is 0 Å². The molecule has 1 heterocycles. The molecule has 1 saturated heterocycles. The van der Waals surface area contributed by atoms with Gasteiger partial charge in [0.1, 0.15) is 0 Å². The lowest BCUT2D eigenvalue weighted by Gasteiger charge is -2.37. The SMILES string of the molecule is CCCN(CC(C)(C)CN)C1CCSC1C. The van der Waals surface area contributed by atoms with Crippen molar-refractivity contribution in [1.29, 1.82) is 0 Å². The summed E-state index contributed by atoms with van der Waals surface area (Å²) < 4.78 is 0. The zero-order chi connectivity index (χ0) is 12.2. The highest BCUT2D eigenvalue weighted by Crippen LogP contribution is 2.32. The number of rotatable bonds is 6. The first-order valence-electron chi connectivity index (χ1n) is 6.56. The van der Waals surface area contributed by atoms with Gasteiger partial charge in [-0.3, -0.25) is 4.90 Å². The average Bonchev–Trinajstić information content (AvgIpc) is 2.64. The van der Waals surface area contributed by atoms with Crippen molar-refractivity contribution in [3.63, 3.8) is 0 Å². The number of hydrogen-bond donors (Lipinski definition) is 1. The lowest BCUT2D eigenvalue weighted by atomic mass is 9.91. The minimum Gasteiger partial charge on any atom is -0.330 e. The quantitative estimate of drug-likeness (QED) is 0.779. The van der Waals surface area contributed by atoms with Crippen LogP contribution in [0.5, 0.6) is 0 Å². The van der Waals surface area contributed by atoms with Gasteiger partial charge in [-0.1, -0.05) is 27.7 Å². The minimum absolute atomic E-state index is 0.252. The van der Waals surface area contributed by atoms with Gasteiger partial charge in [-0.25, -0.2) is 0 Å². The predicted molar refractivity (Wildman–Crippen MR) is 75.0 cm³/mol. The molecule has 2 N–H and O–H groups in total. The lowest BCUT2D eigenvalue weighted by Crippen LogP contribution is -2.46. The van der Waals surface area contributed by atoms with E-state index in [0.717, 1.165) is 24.4 Å². The minimum atomic E-state index is 0.252. The number of nitrogens with two attached hydrogens (primary N) is 1. The molecule has 3 heteroatoms. The van der Waals surface area contributed by atoms with Gasteiger partial charge >= 0.3 is 0 Å². The van der Waals surface area contributed by atoms with E-state index in [0.29, 0.717) is 0 Å². The molecule has 0 saturated carbocycles. The molecule has 1 fully saturated rings. The van der Waals surface area contributed by atoms with Gasteiger partial charge in [0.2, 0.25) is 0 Å². The van der Waals surface area contributed by atoms with E-state index in [4.69, 9.17) is 5.73 Å². The highest BCUT2D eigenvalue weighted by atomic mass is 32.2. The van der Waals surface area contributed by atoms with Crippen LogP contribution < -0.4 is 5.73 Å². The van der Waals surface area contributed by atoms with Gasteiger partial charge < -0.3 is 5.73 Å². The zero-order valence-electron chi connectivity index (χ0n) is 11.3. The molecule has 2 nitrogen and oxygen atoms in total. The lowest BCUT2D eigenvalue weighted by molar-refractivity contribution is 0.133. The standard InChI is InChI=1S/C13H28N2S/c1-5-7-15(10-13(3,4)9-14)12-6-8-16-11(12)2/h11-12H,5-10,14H2,1-4H3. The Balaban J connectivity index is 2.59. The summed E-state index contributed by atoms with van der Waals surface area (Å²) in [6.07, 6.45) is 2.60. The molecule has 0 aromatic rings. The Morgan fingerprint density at radius 3 is 2.56 bits per heavy atom. The summed E-state index contributed by atoms with van der Waals surface area (Å²) in [7, 11) is 0. The molecule has 0 spiro atoms. The summed E-state index contributed by atoms with van der Waals surface area (Å²) in [5, 5.41) is 0.792. The largest absolute Gasteiger partial charge is 0.330 e. The fourth-order valence-electron chi connectivity index (χ4n) is 2.46. The summed E-state index contributed by atoms with van der Waals surface area (Å²) in [6, 6.07) is 0.774. The fraction of sp³-hybridized carbons (Fsp3) is 1.00. The topological polar surface area (TPSA) is 29.3 Å². The van der Waals surface area contributed by atoms with Gasteiger partial charge in [-0.15, -0.1) is 0 Å². The molecule has 1 aliphatic rings. The third kappa shape index (κ3) is 3.94. The first-order valence-corrected chi connectivity index (χ1v) is 7.61. The van der Waals surface area contributed by atoms with Crippen LogP contribution in [0.15, 0.2) is 0 Å². The van der Waals surface area contributed by atoms with Gasteiger partial charge in [0.25, 0.3) is 0 Å². The number of thioether (sulfide) groups is 1. The van der Waals surface area contributed by atoms with Crippen molar-refractivity contribution in [2.75, 3.05) is 25.4 Å². The van der Waals surface area contributed by atoms with Gasteiger partial charge in [0.15, 0.2) is 0 Å². The average molecular weight is 244 g/mol. The van der Waals surface area contributed by atoms with Crippen molar-refractivity contribution in [3.8, 4) is 0 Å². The first-order chi connectivity index (χ1) is 7.50. The summed E-state index contributed by atoms with van der Waals surface area (Å²) in [4.78, 5) is 2.68. The van der Waals surface area contributed by atoms with E-state index in [-0.39, 0.29) is 5.41 Å². The third-order valence-electron chi connectivity index (χ3n) is 3.50. The van der Waals surface area contributed by atoms with Crippen LogP contribution in [0.1, 0.15) is 40.5 Å². The monoisotopic (exact) mass is 244 g/mol. The summed E-state index contributed by atoms with van der Waals surface area (Å²) in [5.41, 5.74) is 6.10. The Kier molecular flexibility index (Phi) is 5.62. The maximum atomic E-state index is 5.85. The van der Waals surface area contributed by atoms with Crippen molar-refractivity contribution in [1.82, 2.24) is 4.90 Å². The molecule has 1 aliphatic heterocycles. The highest BCUT2D eigenvalue weighted by Gasteiger charge is 2.32. The van der Waals surface area contributed by atoms with Crippen molar-refractivity contribution >= 4 is 11.8 Å². The van der Waals surface area contributed by atoms with E-state index in [1.807, 2.05) is 0 Å². The molecule has 0 aromatic carbocycles. The molecule has 0 radical (unpaired) electrons. The van der Waals surface area contributed by atoms with E-state index in [1.165, 1.54) is 25.1 Å². The summed E-state index contributed by atoms with van der Waals surface area (Å²) >= 11 is 2.12. The van der Waals surface area contributed by atoms with Gasteiger partial charge in [-0.2, -0.15) is 11.8 Å². The highest BCUT2D eigenvalue weighted by molar-refractivity contribution is 8.00. The predicted octanol–water partition coefficient (Wildman–Crippen LogP) is 2.58. The third-order valence-corrected chi connectivity index (χ3v) is 4.81. The van der Waals surface area contributed by atoms with Crippen LogP contribution in [0.3, 0.4) is 0 Å². The molecular formula is C13H28N2S. The van der Waals surface area contributed by atoms with Crippen LogP contribution in [0.4, 0.5) is 0 Å². The molecule has 0 aromatic heterocycles. The Bertz CT molecular complexity index is 206. The molecule has 0 aliphatic carbocycles. The molecule has 0 bridgehead atoms. The Morgan fingerprint density at radius 2 is 2.12 bits per heavy atom. The van der Waals surface area contributed by atoms with Crippen molar-refractivity contribution < 1.29 is 0 Å². The van der Waals surface area contributed by atoms with Crippen molar-refractivity contribution in [2.45, 2.75) is 51.8 Å². The first kappa shape index (κ1) is 14.3. The molecule has 0 amide bonds. The van der Waals surface area contributed by atoms with E-state index in [9.17, 15) is 0 Å². The Morgan fingerprint density at radius 1 is 1.44 bits per heavy atom. The maximum absolute atomic E-state index is 5.85. The summed E-state index contributed by atoms with van der Waals surface area (Å²) in [6.45, 7) is 12.4. The molecule has 2 unspecified atom stereocenters. The van der Waals surface area contributed by atoms with Gasteiger partial charge in [-0.05, 0) is 37.1 Å². The Hall–Kier alpha value is 0.270. The summed E-state index contributed by atoms with van der Waals surface area (Å²) in [5.74, 6) is 1.33. The zero-order valence-corrected chi connectivity index (χ0v) is 12.1. The van der Waals surface area contributed by atoms with Crippen LogP contribution in [-0.4, -0.2) is 41.6 Å². The number of nitrogens with zero attached hydrogens (tertiary/aromatic N) is 1. The smallest absolute Gasteiger partial charge is 0.0220 e. The maximum Gasteiger partial charge on any atom is 0.0220 e. The second kappa shape index (κ2) is 6.27. The van der Waals surface area contributed by atoms with Crippen LogP contribution >= 0.6 is 11.8 Å². The fourth-order valence-corrected chi connectivity index (χ4v) is 3.74.